The van der Waals surface area contributed by atoms with Gasteiger partial charge in [0.15, 0.2) is 0 Å². The molecule has 0 aliphatic heterocycles. The van der Waals surface area contributed by atoms with E-state index >= 15 is 0 Å². The number of rotatable bonds is 14. The largest absolute Gasteiger partial charge is 0.0885 e. The second-order valence-corrected chi connectivity index (χ2v) is 7.66. The molecule has 0 spiro atoms. The predicted molar refractivity (Wildman–Crippen MR) is 118 cm³/mol. The van der Waals surface area contributed by atoms with E-state index < -0.39 is 0 Å². The Balaban J connectivity index is 1.44. The highest BCUT2D eigenvalue weighted by atomic mass is 14.0. The van der Waals surface area contributed by atoms with E-state index in [4.69, 9.17) is 0 Å². The van der Waals surface area contributed by atoms with E-state index in [0.717, 1.165) is 0 Å². The first-order valence-corrected chi connectivity index (χ1v) is 11.0. The summed E-state index contributed by atoms with van der Waals surface area (Å²) in [4.78, 5) is 0. The van der Waals surface area contributed by atoms with E-state index in [0.29, 0.717) is 0 Å². The number of fused-ring (bicyclic) bond motifs is 1. The van der Waals surface area contributed by atoms with Gasteiger partial charge in [-0.3, -0.25) is 0 Å². The molecule has 0 aliphatic carbocycles. The molecule has 0 heterocycles. The summed E-state index contributed by atoms with van der Waals surface area (Å²) >= 11 is 0. The number of aryl methyl sites for hydroxylation is 1. The highest BCUT2D eigenvalue weighted by molar-refractivity contribution is 5.82. The first-order valence-electron chi connectivity index (χ1n) is 11.0. The van der Waals surface area contributed by atoms with Crippen molar-refractivity contribution in [3.05, 3.63) is 60.2 Å². The lowest BCUT2D eigenvalue weighted by molar-refractivity contribution is 0.610. The third-order valence-corrected chi connectivity index (χ3v) is 5.29. The zero-order valence-electron chi connectivity index (χ0n) is 16.9. The van der Waals surface area contributed by atoms with Gasteiger partial charge >= 0.3 is 0 Å². The molecule has 0 amide bonds. The zero-order chi connectivity index (χ0) is 18.3. The van der Waals surface area contributed by atoms with Crippen molar-refractivity contribution < 1.29 is 0 Å². The fraction of sp³-hybridized carbons (Fsp3) is 0.538. The van der Waals surface area contributed by atoms with Crippen LogP contribution < -0.4 is 0 Å². The monoisotopic (exact) mass is 350 g/mol. The van der Waals surface area contributed by atoms with Crippen LogP contribution in [0.1, 0.15) is 89.5 Å². The Bertz CT molecular complexity index is 623. The summed E-state index contributed by atoms with van der Waals surface area (Å²) < 4.78 is 0. The van der Waals surface area contributed by atoms with Gasteiger partial charge in [-0.25, -0.2) is 0 Å². The normalized spacial score (nSPS) is 11.6. The van der Waals surface area contributed by atoms with Gasteiger partial charge in [0.05, 0.1) is 0 Å². The molecule has 26 heavy (non-hydrogen) atoms. The Hall–Kier alpha value is -1.56. The van der Waals surface area contributed by atoms with Crippen molar-refractivity contribution in [3.63, 3.8) is 0 Å². The Kier molecular flexibility index (Phi) is 10.9. The van der Waals surface area contributed by atoms with Gasteiger partial charge in [0, 0.05) is 0 Å². The molecular weight excluding hydrogens is 312 g/mol. The molecule has 142 valence electrons. The van der Waals surface area contributed by atoms with E-state index in [1.807, 2.05) is 0 Å². The molecule has 0 aliphatic rings. The van der Waals surface area contributed by atoms with E-state index in [1.54, 1.807) is 0 Å². The van der Waals surface area contributed by atoms with Gasteiger partial charge in [0.1, 0.15) is 0 Å². The van der Waals surface area contributed by atoms with Crippen molar-refractivity contribution in [1.82, 2.24) is 0 Å². The molecule has 0 N–H and O–H groups in total. The van der Waals surface area contributed by atoms with E-state index in [9.17, 15) is 0 Å². The minimum atomic E-state index is 1.22. The van der Waals surface area contributed by atoms with E-state index in [-0.39, 0.29) is 0 Å². The molecule has 0 atom stereocenters. The number of allylic oxidation sites excluding steroid dienone is 2. The molecule has 2 rings (SSSR count). The third kappa shape index (κ3) is 8.70. The summed E-state index contributed by atoms with van der Waals surface area (Å²) in [5.74, 6) is 0. The second kappa shape index (κ2) is 13.6. The average molecular weight is 351 g/mol. The van der Waals surface area contributed by atoms with Crippen LogP contribution >= 0.6 is 0 Å². The molecule has 0 nitrogen and oxygen atoms in total. The van der Waals surface area contributed by atoms with Gasteiger partial charge in [0.25, 0.3) is 0 Å². The minimum Gasteiger partial charge on any atom is -0.0885 e. The quantitative estimate of drug-likeness (QED) is 0.236. The van der Waals surface area contributed by atoms with Crippen molar-refractivity contribution in [2.75, 3.05) is 0 Å². The maximum Gasteiger partial charge on any atom is -0.0181 e. The number of hydrogen-bond acceptors (Lipinski definition) is 0. The van der Waals surface area contributed by atoms with Gasteiger partial charge in [-0.15, -0.1) is 0 Å². The highest BCUT2D eigenvalue weighted by Gasteiger charge is 1.97. The summed E-state index contributed by atoms with van der Waals surface area (Å²) in [7, 11) is 0. The molecule has 0 bridgehead atoms. The smallest absolute Gasteiger partial charge is 0.0181 e. The fourth-order valence-corrected chi connectivity index (χ4v) is 3.62. The number of benzene rings is 2. The summed E-state index contributed by atoms with van der Waals surface area (Å²) in [5.41, 5.74) is 1.49. The van der Waals surface area contributed by atoms with Crippen molar-refractivity contribution in [2.24, 2.45) is 0 Å². The molecule has 2 aromatic carbocycles. The third-order valence-electron chi connectivity index (χ3n) is 5.29. The summed E-state index contributed by atoms with van der Waals surface area (Å²) in [6.07, 6.45) is 22.4. The predicted octanol–water partition coefficient (Wildman–Crippen LogP) is 8.64. The number of unbranched alkanes of at least 4 members (excludes halogenated alkanes) is 10. The molecule has 0 radical (unpaired) electrons. The maximum atomic E-state index is 2.41. The topological polar surface area (TPSA) is 0 Å². The first-order chi connectivity index (χ1) is 12.9. The molecule has 0 saturated carbocycles. The lowest BCUT2D eigenvalue weighted by Gasteiger charge is -2.04. The molecule has 0 heteroatoms. The molecule has 2 aromatic rings. The zero-order valence-corrected chi connectivity index (χ0v) is 16.9. The fourth-order valence-electron chi connectivity index (χ4n) is 3.62. The first kappa shape index (κ1) is 20.7. The molecule has 0 fully saturated rings. The van der Waals surface area contributed by atoms with Crippen LogP contribution in [-0.4, -0.2) is 0 Å². The lowest BCUT2D eigenvalue weighted by Crippen LogP contribution is -1.86. The Morgan fingerprint density at radius 3 is 1.96 bits per heavy atom. The minimum absolute atomic E-state index is 1.22. The van der Waals surface area contributed by atoms with Crippen LogP contribution in [0.4, 0.5) is 0 Å². The van der Waals surface area contributed by atoms with Crippen LogP contribution in [0, 0.1) is 0 Å². The van der Waals surface area contributed by atoms with Gasteiger partial charge < -0.3 is 0 Å². The van der Waals surface area contributed by atoms with Gasteiger partial charge in [0.2, 0.25) is 0 Å². The van der Waals surface area contributed by atoms with Gasteiger partial charge in [-0.2, -0.15) is 0 Å². The van der Waals surface area contributed by atoms with Crippen LogP contribution in [0.3, 0.4) is 0 Å². The Labute approximate surface area is 161 Å². The Morgan fingerprint density at radius 1 is 0.615 bits per heavy atom. The van der Waals surface area contributed by atoms with E-state index in [2.05, 4.69) is 61.5 Å². The van der Waals surface area contributed by atoms with Crippen molar-refractivity contribution in [3.8, 4) is 0 Å². The molecule has 0 saturated heterocycles. The number of hydrogen-bond donors (Lipinski definition) is 0. The van der Waals surface area contributed by atoms with Crippen LogP contribution in [0.2, 0.25) is 0 Å². The van der Waals surface area contributed by atoms with Crippen molar-refractivity contribution in [2.45, 2.75) is 90.4 Å². The van der Waals surface area contributed by atoms with Crippen LogP contribution in [0.15, 0.2) is 54.6 Å². The van der Waals surface area contributed by atoms with Crippen LogP contribution in [-0.2, 0) is 6.42 Å². The van der Waals surface area contributed by atoms with Crippen LogP contribution in [0.5, 0.6) is 0 Å². The van der Waals surface area contributed by atoms with Crippen LogP contribution in [0.25, 0.3) is 10.8 Å². The summed E-state index contributed by atoms with van der Waals surface area (Å²) in [6, 6.07) is 15.6. The molecular formula is C26H38. The maximum absolute atomic E-state index is 2.41. The SMILES string of the molecule is CCCCCCCC/C=C/CCCCCCc1ccc2ccccc2c1. The standard InChI is InChI=1S/C26H38/c1-2-3-4-5-6-7-8-9-10-11-12-13-14-15-18-24-21-22-25-19-16-17-20-26(25)23-24/h9-10,16-17,19-23H,2-8,11-15,18H2,1H3/b10-9+. The van der Waals surface area contributed by atoms with Gasteiger partial charge in [-0.1, -0.05) is 106 Å². The second-order valence-electron chi connectivity index (χ2n) is 7.66. The summed E-state index contributed by atoms with van der Waals surface area (Å²) in [5, 5.41) is 2.73. The summed E-state index contributed by atoms with van der Waals surface area (Å²) in [6.45, 7) is 2.28. The van der Waals surface area contributed by atoms with Crippen molar-refractivity contribution >= 4 is 10.8 Å². The van der Waals surface area contributed by atoms with Gasteiger partial charge in [-0.05, 0) is 54.9 Å². The van der Waals surface area contributed by atoms with Crippen molar-refractivity contribution in [1.29, 1.82) is 0 Å². The average Bonchev–Trinajstić information content (AvgIpc) is 2.68. The molecule has 0 unspecified atom stereocenters. The molecule has 0 aromatic heterocycles. The highest BCUT2D eigenvalue weighted by Crippen LogP contribution is 2.17. The Morgan fingerprint density at radius 2 is 1.23 bits per heavy atom. The van der Waals surface area contributed by atoms with E-state index in [1.165, 1.54) is 99.8 Å². The lowest BCUT2D eigenvalue weighted by atomic mass is 10.0.